The molecule has 7 heteroatoms. The molecule has 0 spiro atoms. The highest BCUT2D eigenvalue weighted by atomic mass is 35.5. The van der Waals surface area contributed by atoms with Crippen molar-refractivity contribution in [3.8, 4) is 0 Å². The van der Waals surface area contributed by atoms with Gasteiger partial charge in [-0.2, -0.15) is 0 Å². The highest BCUT2D eigenvalue weighted by Crippen LogP contribution is 2.23. The Kier molecular flexibility index (Phi) is 6.58. The van der Waals surface area contributed by atoms with Crippen molar-refractivity contribution in [3.05, 3.63) is 64.7 Å². The molecular formula is C20H21ClN2O4. The number of carbonyl (C=O) groups is 3. The number of carbonyl (C=O) groups excluding carboxylic acids is 3. The monoisotopic (exact) mass is 388 g/mol. The molecule has 0 radical (unpaired) electrons. The molecule has 6 nitrogen and oxygen atoms in total. The molecule has 2 N–H and O–H groups in total. The lowest BCUT2D eigenvalue weighted by Gasteiger charge is -2.23. The number of nitrogens with one attached hydrogen (secondary N) is 2. The van der Waals surface area contributed by atoms with E-state index in [9.17, 15) is 14.4 Å². The van der Waals surface area contributed by atoms with E-state index in [1.807, 2.05) is 6.07 Å². The molecule has 142 valence electrons. The first-order chi connectivity index (χ1) is 12.8. The maximum atomic E-state index is 12.7. The smallest absolute Gasteiger partial charge is 0.339 e. The van der Waals surface area contributed by atoms with Crippen molar-refractivity contribution in [1.29, 1.82) is 0 Å². The normalized spacial score (nSPS) is 10.8. The molecule has 2 aromatic carbocycles. The van der Waals surface area contributed by atoms with Gasteiger partial charge in [-0.15, -0.1) is 0 Å². The number of esters is 1. The molecule has 27 heavy (non-hydrogen) atoms. The Hall–Kier alpha value is -2.86. The van der Waals surface area contributed by atoms with Crippen LogP contribution in [0.3, 0.4) is 0 Å². The standard InChI is InChI=1S/C20H21ClN2O4/c1-20(2,18(25)22-12-13-8-4-6-10-15(13)21)19(26)23-16-11-7-5-9-14(16)17(24)27-3/h4-11H,12H2,1-3H3,(H,22,25)(H,23,26). The summed E-state index contributed by atoms with van der Waals surface area (Å²) < 4.78 is 4.71. The number of rotatable bonds is 6. The van der Waals surface area contributed by atoms with E-state index in [-0.39, 0.29) is 17.8 Å². The van der Waals surface area contributed by atoms with E-state index in [0.29, 0.717) is 5.02 Å². The van der Waals surface area contributed by atoms with Crippen molar-refractivity contribution >= 4 is 35.1 Å². The largest absolute Gasteiger partial charge is 0.465 e. The Balaban J connectivity index is 2.09. The van der Waals surface area contributed by atoms with Crippen LogP contribution in [0, 0.1) is 5.41 Å². The van der Waals surface area contributed by atoms with Crippen LogP contribution in [-0.2, 0) is 20.9 Å². The first kappa shape index (κ1) is 20.5. The van der Waals surface area contributed by atoms with Gasteiger partial charge in [-0.3, -0.25) is 9.59 Å². The number of para-hydroxylation sites is 1. The molecule has 0 unspecified atom stereocenters. The second-order valence-corrected chi connectivity index (χ2v) is 6.80. The molecule has 0 bridgehead atoms. The third kappa shape index (κ3) is 4.86. The number of hydrogen-bond donors (Lipinski definition) is 2. The molecule has 0 aliphatic heterocycles. The zero-order valence-electron chi connectivity index (χ0n) is 15.3. The summed E-state index contributed by atoms with van der Waals surface area (Å²) in [6.07, 6.45) is 0. The predicted octanol–water partition coefficient (Wildman–Crippen LogP) is 3.41. The van der Waals surface area contributed by atoms with Crippen molar-refractivity contribution in [2.24, 2.45) is 5.41 Å². The van der Waals surface area contributed by atoms with Crippen molar-refractivity contribution in [1.82, 2.24) is 5.32 Å². The third-order valence-corrected chi connectivity index (χ3v) is 4.48. The number of anilines is 1. The summed E-state index contributed by atoms with van der Waals surface area (Å²) in [7, 11) is 1.26. The van der Waals surface area contributed by atoms with Crippen LogP contribution in [0.1, 0.15) is 29.8 Å². The Morgan fingerprint density at radius 1 is 1.00 bits per heavy atom. The molecule has 0 aliphatic carbocycles. The van der Waals surface area contributed by atoms with Crippen LogP contribution in [0.25, 0.3) is 0 Å². The maximum absolute atomic E-state index is 12.7. The number of amides is 2. The van der Waals surface area contributed by atoms with Gasteiger partial charge in [0.15, 0.2) is 0 Å². The molecule has 2 aromatic rings. The van der Waals surface area contributed by atoms with Crippen LogP contribution in [0.5, 0.6) is 0 Å². The number of benzene rings is 2. The van der Waals surface area contributed by atoms with E-state index in [2.05, 4.69) is 10.6 Å². The van der Waals surface area contributed by atoms with E-state index in [1.54, 1.807) is 36.4 Å². The zero-order chi connectivity index (χ0) is 20.0. The van der Waals surface area contributed by atoms with Gasteiger partial charge in [0.1, 0.15) is 5.41 Å². The summed E-state index contributed by atoms with van der Waals surface area (Å²) in [4.78, 5) is 37.0. The van der Waals surface area contributed by atoms with E-state index in [4.69, 9.17) is 16.3 Å². The summed E-state index contributed by atoms with van der Waals surface area (Å²) in [5, 5.41) is 5.88. The van der Waals surface area contributed by atoms with Crippen molar-refractivity contribution in [2.75, 3.05) is 12.4 Å². The van der Waals surface area contributed by atoms with Gasteiger partial charge in [0, 0.05) is 11.6 Å². The van der Waals surface area contributed by atoms with E-state index in [0.717, 1.165) is 5.56 Å². The van der Waals surface area contributed by atoms with Crippen LogP contribution in [0.4, 0.5) is 5.69 Å². The Bertz CT molecular complexity index is 865. The van der Waals surface area contributed by atoms with Gasteiger partial charge in [-0.1, -0.05) is 41.9 Å². The lowest BCUT2D eigenvalue weighted by Crippen LogP contribution is -2.45. The minimum absolute atomic E-state index is 0.202. The average molecular weight is 389 g/mol. The molecule has 0 saturated carbocycles. The number of ether oxygens (including phenoxy) is 1. The van der Waals surface area contributed by atoms with Gasteiger partial charge in [-0.25, -0.2) is 4.79 Å². The number of halogens is 1. The van der Waals surface area contributed by atoms with Gasteiger partial charge in [0.2, 0.25) is 11.8 Å². The second-order valence-electron chi connectivity index (χ2n) is 6.39. The van der Waals surface area contributed by atoms with Crippen molar-refractivity contribution in [2.45, 2.75) is 20.4 Å². The van der Waals surface area contributed by atoms with Crippen LogP contribution < -0.4 is 10.6 Å². The van der Waals surface area contributed by atoms with Crippen LogP contribution in [0.2, 0.25) is 5.02 Å². The molecule has 0 heterocycles. The molecule has 0 fully saturated rings. The molecule has 2 rings (SSSR count). The van der Waals surface area contributed by atoms with E-state index in [1.165, 1.54) is 27.0 Å². The number of methoxy groups -OCH3 is 1. The van der Waals surface area contributed by atoms with Gasteiger partial charge < -0.3 is 15.4 Å². The predicted molar refractivity (Wildman–Crippen MR) is 103 cm³/mol. The summed E-state index contributed by atoms with van der Waals surface area (Å²) in [5.41, 5.74) is -0.133. The fraction of sp³-hybridized carbons (Fsp3) is 0.250. The van der Waals surface area contributed by atoms with Crippen LogP contribution in [0.15, 0.2) is 48.5 Å². The Morgan fingerprint density at radius 3 is 2.30 bits per heavy atom. The summed E-state index contributed by atoms with van der Waals surface area (Å²) in [5.74, 6) is -1.59. The van der Waals surface area contributed by atoms with Crippen molar-refractivity contribution in [3.63, 3.8) is 0 Å². The van der Waals surface area contributed by atoms with Gasteiger partial charge in [0.05, 0.1) is 18.4 Å². The van der Waals surface area contributed by atoms with Gasteiger partial charge in [-0.05, 0) is 37.6 Å². The van der Waals surface area contributed by atoms with Gasteiger partial charge >= 0.3 is 5.97 Å². The highest BCUT2D eigenvalue weighted by molar-refractivity contribution is 6.31. The summed E-state index contributed by atoms with van der Waals surface area (Å²) in [6.45, 7) is 3.21. The van der Waals surface area contributed by atoms with E-state index < -0.39 is 23.2 Å². The zero-order valence-corrected chi connectivity index (χ0v) is 16.1. The fourth-order valence-electron chi connectivity index (χ4n) is 2.30. The van der Waals surface area contributed by atoms with Crippen molar-refractivity contribution < 1.29 is 19.1 Å². The molecule has 0 atom stereocenters. The minimum Gasteiger partial charge on any atom is -0.465 e. The SMILES string of the molecule is COC(=O)c1ccccc1NC(=O)C(C)(C)C(=O)NCc1ccccc1Cl. The fourth-order valence-corrected chi connectivity index (χ4v) is 2.50. The second kappa shape index (κ2) is 8.68. The quantitative estimate of drug-likeness (QED) is 0.586. The lowest BCUT2D eigenvalue weighted by molar-refractivity contribution is -0.138. The molecule has 0 saturated heterocycles. The maximum Gasteiger partial charge on any atom is 0.339 e. The first-order valence-electron chi connectivity index (χ1n) is 8.28. The van der Waals surface area contributed by atoms with Gasteiger partial charge in [0.25, 0.3) is 0 Å². The molecule has 0 aromatic heterocycles. The van der Waals surface area contributed by atoms with E-state index >= 15 is 0 Å². The highest BCUT2D eigenvalue weighted by Gasteiger charge is 2.36. The molecule has 0 aliphatic rings. The molecular weight excluding hydrogens is 368 g/mol. The summed E-state index contributed by atoms with van der Waals surface area (Å²) in [6, 6.07) is 13.6. The Labute approximate surface area is 162 Å². The van der Waals surface area contributed by atoms with Crippen LogP contribution in [-0.4, -0.2) is 24.9 Å². The van der Waals surface area contributed by atoms with Crippen LogP contribution >= 0.6 is 11.6 Å². The minimum atomic E-state index is -1.37. The third-order valence-electron chi connectivity index (χ3n) is 4.11. The average Bonchev–Trinajstić information content (AvgIpc) is 2.66. The molecule has 2 amide bonds. The lowest BCUT2D eigenvalue weighted by atomic mass is 9.90. The first-order valence-corrected chi connectivity index (χ1v) is 8.65. The summed E-state index contributed by atoms with van der Waals surface area (Å²) >= 11 is 6.08. The topological polar surface area (TPSA) is 84.5 Å². The Morgan fingerprint density at radius 2 is 1.63 bits per heavy atom. The number of hydrogen-bond acceptors (Lipinski definition) is 4.